The Kier molecular flexibility index (Phi) is 29.4. The van der Waals surface area contributed by atoms with Crippen molar-refractivity contribution >= 4 is 101 Å². The van der Waals surface area contributed by atoms with E-state index in [9.17, 15) is 92.9 Å². The van der Waals surface area contributed by atoms with Gasteiger partial charge in [0.15, 0.2) is 0 Å². The summed E-state index contributed by atoms with van der Waals surface area (Å²) in [5, 5.41) is 25.7. The van der Waals surface area contributed by atoms with Crippen molar-refractivity contribution < 1.29 is 128 Å². The van der Waals surface area contributed by atoms with Crippen LogP contribution in [0.4, 0.5) is 39.5 Å². The number of aromatic amines is 3. The lowest BCUT2D eigenvalue weighted by Gasteiger charge is -2.43. The van der Waals surface area contributed by atoms with Gasteiger partial charge in [-0.2, -0.15) is 39.5 Å². The van der Waals surface area contributed by atoms with Crippen molar-refractivity contribution in [3.63, 3.8) is 0 Å². The highest BCUT2D eigenvalue weighted by Gasteiger charge is 2.52. The fraction of sp³-hybridized carbons (Fsp3) is 0.507. The van der Waals surface area contributed by atoms with Gasteiger partial charge in [0.2, 0.25) is 0 Å². The number of ether oxygens (including phenoxy) is 6. The van der Waals surface area contributed by atoms with Gasteiger partial charge in [0.1, 0.15) is 70.0 Å². The number of alkyl halides is 9. The second-order valence-corrected chi connectivity index (χ2v) is 37.1. The number of aliphatic hydroxyl groups is 2. The Morgan fingerprint density at radius 3 is 1.07 bits per heavy atom. The third-order valence-corrected chi connectivity index (χ3v) is 26.8. The van der Waals surface area contributed by atoms with Crippen LogP contribution >= 0.6 is 64.8 Å². The molecule has 3 fully saturated rings. The van der Waals surface area contributed by atoms with Gasteiger partial charge in [0.05, 0.1) is 57.8 Å². The smallest absolute Gasteiger partial charge is 0.405 e. The van der Waals surface area contributed by atoms with E-state index in [4.69, 9.17) is 62.5 Å². The number of halogens is 9. The lowest BCUT2D eigenvalue weighted by Crippen LogP contribution is -2.67. The van der Waals surface area contributed by atoms with Crippen LogP contribution in [-0.2, 0) is 47.2 Å². The molecule has 0 radical (unpaired) electrons. The van der Waals surface area contributed by atoms with Crippen molar-refractivity contribution in [1.29, 1.82) is 0 Å². The van der Waals surface area contributed by atoms with Gasteiger partial charge in [0, 0.05) is 69.0 Å². The molecule has 0 saturated carbocycles. The van der Waals surface area contributed by atoms with Gasteiger partial charge < -0.3 is 59.0 Å². The number of carbonyl (C=O) groups is 3. The minimum atomic E-state index is -5.06. The third kappa shape index (κ3) is 26.2. The normalized spacial score (nSPS) is 21.4. The lowest BCUT2D eigenvalue weighted by molar-refractivity contribution is -0.173. The van der Waals surface area contributed by atoms with E-state index in [0.29, 0.717) is 0 Å². The first-order valence-electron chi connectivity index (χ1n) is 42.9. The molecular weight excluding hydrogens is 1610 g/mol. The predicted molar refractivity (Wildman–Crippen MR) is 425 cm³/mol. The molecule has 3 aromatic heterocycles. The summed E-state index contributed by atoms with van der Waals surface area (Å²) >= 11 is 0. The van der Waals surface area contributed by atoms with Gasteiger partial charge in [-0.1, -0.05) is 182 Å². The van der Waals surface area contributed by atoms with Crippen LogP contribution in [0.15, 0.2) is 108 Å². The summed E-state index contributed by atoms with van der Waals surface area (Å²) in [4.78, 5) is 113. The Labute approximate surface area is 679 Å². The fourth-order valence-corrected chi connectivity index (χ4v) is 20.0. The van der Waals surface area contributed by atoms with Gasteiger partial charge >= 0.3 is 53.3 Å². The highest BCUT2D eigenvalue weighted by atomic mass is 33.1. The molecule has 43 heteroatoms. The topological polar surface area (TPSA) is 357 Å². The number of benzene rings is 2. The molecule has 3 saturated heterocycles. The maximum atomic E-state index is 13.0. The van der Waals surface area contributed by atoms with Crippen molar-refractivity contribution in [2.24, 2.45) is 0 Å². The molecule has 6 heterocycles. The summed E-state index contributed by atoms with van der Waals surface area (Å²) in [6.07, 6.45) is -11.4. The standard InChI is InChI=1S/C33H38F3N3O6S2Si.2C17H20F3N3O6S2.11H2/c1-22(47-46-5)44-26-19-28(39-20-23(29(40)38-31(39)42)13-12-18-37-30(41)33(34,35)36)45-27(26)21-43-48(32(2,3)4,24-14-8-6-9-15-24)25-16-10-7-11-17-25;2*1-9(31-30-2)28-11-6-13(29-12(11)8-24)23-7-10(14(25)22-16(23)27)4-3-5-21-15(26)17(18,19)20;;;;;;;;;;;/h6-11,14-17,20,22,26-28H,18-19,21H2,1-5H3,(H,37,41)(H,38,40,42);2*7,9,11-13,24H,5-6,8H2,1-2H3,(H,21,26)(H,22,25,27);11*1H/t22-,26?,27-,28-;9-,11?,12+,13+;9-,11?,12-,13-;;;;;;;;;;;/m101.........../s1/i;;;10*1+2T;1+2. The first-order chi connectivity index (χ1) is 61.8. The van der Waals surface area contributed by atoms with Gasteiger partial charge in [-0.3, -0.25) is 57.4 Å². The number of hydrogen-bond acceptors (Lipinski definition) is 24. The van der Waals surface area contributed by atoms with Crippen molar-refractivity contribution in [3.05, 3.63) is 158 Å². The Bertz CT molecular complexity index is 4390. The number of amides is 3. The number of nitrogens with zero attached hydrogens (tertiary/aromatic N) is 3. The highest BCUT2D eigenvalue weighted by molar-refractivity contribution is 8.77. The van der Waals surface area contributed by atoms with E-state index < -0.39 is 153 Å². The van der Waals surface area contributed by atoms with Crippen LogP contribution < -0.4 is 60.1 Å². The van der Waals surface area contributed by atoms with Crippen molar-refractivity contribution in [1.82, 2.24) is 44.6 Å². The number of aromatic nitrogens is 6. The first-order valence-corrected chi connectivity index (χ1v) is 42.6. The van der Waals surface area contributed by atoms with Crippen LogP contribution in [-0.4, -0.2) is 195 Å². The SMILES string of the molecule is CSS[C@@H](C)OC1C[C@H](n2cc(C#CCNC(=O)C(F)(F)F)c(=O)[nH]c2=O)O[C@@H]1CO.CSS[C@H](C)OC1C[C@H](n2cc(C#CCNC(=O)C(F)(F)F)c(=O)[nH]c2=O)O[C@@H]1CO.CSS[C@H](C)OC1C[C@H](n2cc(C#CCNC(=O)C(F)(F)F)c(=O)[nH]c2=O)O[C@@H]1CO[Si](c1ccccc1)(c1ccccc1)C(C)(C)C.[3HH].[3H][3H].[3H][3H].[3H][3H].[3H][3H].[3H][3H].[3H][3H].[3H][3H].[3H][3H].[3H][3H].[3H][3H]. The minimum Gasteiger partial charge on any atom is -0.405 e. The third-order valence-electron chi connectivity index (χ3n) is 15.9. The summed E-state index contributed by atoms with van der Waals surface area (Å²) in [6.45, 7) is 9.59. The van der Waals surface area contributed by atoms with Gasteiger partial charge in [-0.25, -0.2) is 14.4 Å². The highest BCUT2D eigenvalue weighted by Crippen LogP contribution is 2.41. The van der Waals surface area contributed by atoms with E-state index in [1.54, 1.807) is 26.7 Å². The van der Waals surface area contributed by atoms with Gasteiger partial charge in [-0.15, -0.1) is 0 Å². The molecule has 3 aliphatic heterocycles. The van der Waals surface area contributed by atoms with Crippen molar-refractivity contribution in [2.75, 3.05) is 58.2 Å². The fourth-order valence-electron chi connectivity index (χ4n) is 11.2. The maximum Gasteiger partial charge on any atom is 0.471 e. The molecule has 8 rings (SSSR count). The number of H-pyrrole nitrogens is 3. The lowest BCUT2D eigenvalue weighted by atomic mass is 10.2. The molecule has 27 nitrogen and oxygen atoms in total. The number of rotatable bonds is 25. The average molecular weight is 1750 g/mol. The van der Waals surface area contributed by atoms with Gasteiger partial charge in [0.25, 0.3) is 25.0 Å². The Morgan fingerprint density at radius 1 is 0.527 bits per heavy atom. The predicted octanol–water partition coefficient (Wildman–Crippen LogP) is 8.06. The molecule has 110 heavy (non-hydrogen) atoms. The average Bonchev–Trinajstić information content (AvgIpc) is 1.20. The maximum absolute atomic E-state index is 13.0. The van der Waals surface area contributed by atoms with Crippen LogP contribution in [0.1, 0.15) is 127 Å². The molecule has 3 unspecified atom stereocenters. The van der Waals surface area contributed by atoms with E-state index in [1.165, 1.54) is 64.7 Å². The van der Waals surface area contributed by atoms with Crippen LogP contribution in [0.5, 0.6) is 0 Å². The number of aliphatic hydroxyl groups excluding tert-OH is 2. The molecule has 624 valence electrons. The van der Waals surface area contributed by atoms with Crippen LogP contribution in [0, 0.1) is 35.5 Å². The molecule has 8 N–H and O–H groups in total. The molecule has 12 atom stereocenters. The van der Waals surface area contributed by atoms with Crippen LogP contribution in [0.3, 0.4) is 0 Å². The van der Waals surface area contributed by atoms with Crippen molar-refractivity contribution in [2.45, 2.75) is 156 Å². The van der Waals surface area contributed by atoms with E-state index in [1.807, 2.05) is 75.9 Å². The van der Waals surface area contributed by atoms with E-state index in [2.05, 4.69) is 95.5 Å². The minimum absolute atomic E-state index is 0. The largest absolute Gasteiger partial charge is 0.471 e. The van der Waals surface area contributed by atoms with E-state index in [-0.39, 0.29) is 78.5 Å². The molecule has 5 aromatic rings. The molecule has 3 amide bonds. The monoisotopic (exact) mass is 1750 g/mol. The molecule has 0 bridgehead atoms. The van der Waals surface area contributed by atoms with Crippen molar-refractivity contribution in [3.8, 4) is 35.5 Å². The number of carbonyl (C=O) groups excluding carboxylic acids is 3. The van der Waals surface area contributed by atoms with Crippen LogP contribution in [0.2, 0.25) is 5.04 Å². The second kappa shape index (κ2) is 42.1. The zero-order valence-electron chi connectivity index (χ0n) is 79.9. The second-order valence-electron chi connectivity index (χ2n) is 24.5. The van der Waals surface area contributed by atoms with E-state index >= 15 is 0 Å². The Balaban J connectivity index is -0.000000416. The molecule has 0 aliphatic carbocycles. The number of hydrogen-bond donors (Lipinski definition) is 8. The molecule has 3 aliphatic rings. The quantitative estimate of drug-likeness (QED) is 0.00900. The van der Waals surface area contributed by atoms with Gasteiger partial charge in [-0.05, 0) is 55.0 Å². The summed E-state index contributed by atoms with van der Waals surface area (Å²) < 4.78 is 257. The Morgan fingerprint density at radius 2 is 0.809 bits per heavy atom. The summed E-state index contributed by atoms with van der Waals surface area (Å²) in [6, 6.07) is 20.3. The summed E-state index contributed by atoms with van der Waals surface area (Å²) in [5.74, 6) is 7.37. The summed E-state index contributed by atoms with van der Waals surface area (Å²) in [7, 11) is 6.10. The molecule has 2 aromatic carbocycles. The first kappa shape index (κ1) is 76.9. The zero-order valence-corrected chi connectivity index (χ0v) is 65.8. The summed E-state index contributed by atoms with van der Waals surface area (Å²) in [5.41, 5.74) is -6.04. The molecule has 0 spiro atoms. The number of nitrogens with one attached hydrogen (secondary N) is 6. The van der Waals surface area contributed by atoms with E-state index in [0.717, 1.165) is 31.9 Å². The molecular formula is C67H100F9N9O18S6Si. The Hall–Kier alpha value is -7.10. The zero-order chi connectivity index (χ0) is 101. The van der Waals surface area contributed by atoms with Crippen LogP contribution in [0.25, 0.3) is 0 Å².